The summed E-state index contributed by atoms with van der Waals surface area (Å²) in [6, 6.07) is 6.29. The predicted octanol–water partition coefficient (Wildman–Crippen LogP) is 0.486. The Kier molecular flexibility index (Phi) is 4.78. The van der Waals surface area contributed by atoms with Gasteiger partial charge in [0.25, 0.3) is 0 Å². The van der Waals surface area contributed by atoms with E-state index in [9.17, 15) is 8.42 Å². The Bertz CT molecular complexity index is 624. The number of methoxy groups -OCH3 is 1. The molecule has 2 N–H and O–H groups in total. The van der Waals surface area contributed by atoms with Gasteiger partial charge in [-0.05, 0) is 31.0 Å². The van der Waals surface area contributed by atoms with Gasteiger partial charge in [0.15, 0.2) is 0 Å². The normalized spacial score (nSPS) is 21.7. The van der Waals surface area contributed by atoms with E-state index >= 15 is 0 Å². The lowest BCUT2D eigenvalue weighted by Gasteiger charge is -2.34. The van der Waals surface area contributed by atoms with E-state index in [0.717, 1.165) is 0 Å². The SMILES string of the molecule is COC1CC(NS(=O)(=O)c2cccc(C#CCO)c2)C1. The fourth-order valence-corrected chi connectivity index (χ4v) is 3.33. The second-order valence-corrected chi connectivity index (χ2v) is 6.35. The number of nitrogens with one attached hydrogen (secondary N) is 1. The topological polar surface area (TPSA) is 75.6 Å². The van der Waals surface area contributed by atoms with Crippen molar-refractivity contribution in [2.75, 3.05) is 13.7 Å². The molecule has 20 heavy (non-hydrogen) atoms. The zero-order chi connectivity index (χ0) is 14.6. The third-order valence-corrected chi connectivity index (χ3v) is 4.72. The summed E-state index contributed by atoms with van der Waals surface area (Å²) in [5.41, 5.74) is 0.560. The van der Waals surface area contributed by atoms with Gasteiger partial charge in [-0.15, -0.1) is 0 Å². The standard InChI is InChI=1S/C14H17NO4S/c1-19-13-9-12(10-13)15-20(17,18)14-6-2-4-11(8-14)5-3-7-16/h2,4,6,8,12-13,15-16H,7,9-10H2,1H3. The molecule has 1 fully saturated rings. The Balaban J connectivity index is 2.09. The zero-order valence-corrected chi connectivity index (χ0v) is 12.0. The van der Waals surface area contributed by atoms with E-state index in [0.29, 0.717) is 18.4 Å². The highest BCUT2D eigenvalue weighted by Crippen LogP contribution is 2.24. The van der Waals surface area contributed by atoms with Crippen LogP contribution in [0.1, 0.15) is 18.4 Å². The monoisotopic (exact) mass is 295 g/mol. The molecule has 0 atom stereocenters. The van der Waals surface area contributed by atoms with Crippen LogP contribution in [0.5, 0.6) is 0 Å². The molecule has 0 amide bonds. The van der Waals surface area contributed by atoms with Crippen molar-refractivity contribution in [1.82, 2.24) is 4.72 Å². The van der Waals surface area contributed by atoms with Crippen LogP contribution in [0.3, 0.4) is 0 Å². The van der Waals surface area contributed by atoms with Gasteiger partial charge in [0.1, 0.15) is 6.61 Å². The van der Waals surface area contributed by atoms with Crippen LogP contribution in [0.2, 0.25) is 0 Å². The first-order chi connectivity index (χ1) is 9.55. The van der Waals surface area contributed by atoms with Crippen molar-refractivity contribution < 1.29 is 18.3 Å². The van der Waals surface area contributed by atoms with Crippen LogP contribution in [0.25, 0.3) is 0 Å². The molecule has 108 valence electrons. The van der Waals surface area contributed by atoms with E-state index in [-0.39, 0.29) is 23.6 Å². The first kappa shape index (κ1) is 15.0. The minimum Gasteiger partial charge on any atom is -0.384 e. The van der Waals surface area contributed by atoms with Crippen molar-refractivity contribution in [2.24, 2.45) is 0 Å². The number of hydrogen-bond donors (Lipinski definition) is 2. The first-order valence-electron chi connectivity index (χ1n) is 6.30. The van der Waals surface area contributed by atoms with Gasteiger partial charge in [-0.2, -0.15) is 0 Å². The smallest absolute Gasteiger partial charge is 0.240 e. The summed E-state index contributed by atoms with van der Waals surface area (Å²) < 4.78 is 32.2. The van der Waals surface area contributed by atoms with Crippen LogP contribution in [-0.2, 0) is 14.8 Å². The molecule has 1 aliphatic carbocycles. The third-order valence-electron chi connectivity index (χ3n) is 3.21. The molecular formula is C14H17NO4S. The molecule has 1 aliphatic rings. The number of ether oxygens (including phenoxy) is 1. The Hall–Kier alpha value is -1.39. The van der Waals surface area contributed by atoms with Crippen LogP contribution >= 0.6 is 0 Å². The van der Waals surface area contributed by atoms with Crippen LogP contribution in [0.4, 0.5) is 0 Å². The second-order valence-electron chi connectivity index (χ2n) is 4.64. The van der Waals surface area contributed by atoms with E-state index in [1.807, 2.05) is 0 Å². The third kappa shape index (κ3) is 3.58. The van der Waals surface area contributed by atoms with E-state index in [2.05, 4.69) is 16.6 Å². The minimum absolute atomic E-state index is 0.0721. The number of aliphatic hydroxyl groups excluding tert-OH is 1. The zero-order valence-electron chi connectivity index (χ0n) is 11.2. The number of rotatable bonds is 4. The van der Waals surface area contributed by atoms with E-state index < -0.39 is 10.0 Å². The van der Waals surface area contributed by atoms with Crippen molar-refractivity contribution in [3.8, 4) is 11.8 Å². The predicted molar refractivity (Wildman–Crippen MR) is 74.5 cm³/mol. The summed E-state index contributed by atoms with van der Waals surface area (Å²) in [5, 5.41) is 8.65. The van der Waals surface area contributed by atoms with Gasteiger partial charge < -0.3 is 9.84 Å². The lowest BCUT2D eigenvalue weighted by atomic mass is 9.90. The summed E-state index contributed by atoms with van der Waals surface area (Å²) in [4.78, 5) is 0.183. The average Bonchev–Trinajstić information content (AvgIpc) is 2.40. The van der Waals surface area contributed by atoms with E-state index in [4.69, 9.17) is 9.84 Å². The summed E-state index contributed by atoms with van der Waals surface area (Å²) in [6.45, 7) is -0.254. The molecule has 2 rings (SSSR count). The number of sulfonamides is 1. The molecule has 0 spiro atoms. The van der Waals surface area contributed by atoms with Gasteiger partial charge in [-0.1, -0.05) is 17.9 Å². The molecule has 0 aliphatic heterocycles. The molecule has 6 heteroatoms. The summed E-state index contributed by atoms with van der Waals surface area (Å²) in [7, 11) is -1.91. The Morgan fingerprint density at radius 3 is 2.85 bits per heavy atom. The van der Waals surface area contributed by atoms with Gasteiger partial charge in [-0.25, -0.2) is 13.1 Å². The summed E-state index contributed by atoms with van der Waals surface area (Å²) >= 11 is 0. The molecule has 1 aromatic carbocycles. The molecule has 0 aromatic heterocycles. The average molecular weight is 295 g/mol. The molecule has 1 saturated carbocycles. The number of aliphatic hydroxyl groups is 1. The fraction of sp³-hybridized carbons (Fsp3) is 0.429. The molecule has 0 bridgehead atoms. The highest BCUT2D eigenvalue weighted by Gasteiger charge is 2.32. The lowest BCUT2D eigenvalue weighted by Crippen LogP contribution is -2.47. The maximum absolute atomic E-state index is 12.2. The maximum Gasteiger partial charge on any atom is 0.240 e. The largest absolute Gasteiger partial charge is 0.384 e. The van der Waals surface area contributed by atoms with Gasteiger partial charge >= 0.3 is 0 Å². The van der Waals surface area contributed by atoms with Crippen LogP contribution < -0.4 is 4.72 Å². The highest BCUT2D eigenvalue weighted by molar-refractivity contribution is 7.89. The minimum atomic E-state index is -3.54. The number of benzene rings is 1. The Morgan fingerprint density at radius 2 is 2.20 bits per heavy atom. The van der Waals surface area contributed by atoms with Gasteiger partial charge in [0, 0.05) is 18.7 Å². The van der Waals surface area contributed by atoms with Gasteiger partial charge in [-0.3, -0.25) is 0 Å². The van der Waals surface area contributed by atoms with Crippen LogP contribution in [-0.4, -0.2) is 39.4 Å². The maximum atomic E-state index is 12.2. The fourth-order valence-electron chi connectivity index (χ4n) is 2.02. The molecular weight excluding hydrogens is 278 g/mol. The van der Waals surface area contributed by atoms with Crippen molar-refractivity contribution in [3.05, 3.63) is 29.8 Å². The molecule has 1 aromatic rings. The summed E-state index contributed by atoms with van der Waals surface area (Å²) in [6.07, 6.45) is 1.53. The number of hydrogen-bond acceptors (Lipinski definition) is 4. The Labute approximate surface area is 119 Å². The van der Waals surface area contributed by atoms with Crippen LogP contribution in [0.15, 0.2) is 29.2 Å². The van der Waals surface area contributed by atoms with E-state index in [1.54, 1.807) is 19.2 Å². The molecule has 0 heterocycles. The highest BCUT2D eigenvalue weighted by atomic mass is 32.2. The lowest BCUT2D eigenvalue weighted by molar-refractivity contribution is 0.0236. The quantitative estimate of drug-likeness (QED) is 0.793. The molecule has 0 unspecified atom stereocenters. The van der Waals surface area contributed by atoms with Gasteiger partial charge in [0.05, 0.1) is 11.0 Å². The van der Waals surface area contributed by atoms with Crippen LogP contribution in [0, 0.1) is 11.8 Å². The van der Waals surface area contributed by atoms with Crippen molar-refractivity contribution in [1.29, 1.82) is 0 Å². The van der Waals surface area contributed by atoms with Crippen molar-refractivity contribution in [2.45, 2.75) is 29.9 Å². The molecule has 0 radical (unpaired) electrons. The molecule has 0 saturated heterocycles. The Morgan fingerprint density at radius 1 is 1.45 bits per heavy atom. The second kappa shape index (κ2) is 6.37. The first-order valence-corrected chi connectivity index (χ1v) is 7.78. The van der Waals surface area contributed by atoms with Crippen molar-refractivity contribution in [3.63, 3.8) is 0 Å². The summed E-state index contributed by atoms with van der Waals surface area (Å²) in [5.74, 6) is 5.19. The van der Waals surface area contributed by atoms with Crippen molar-refractivity contribution >= 4 is 10.0 Å². The van der Waals surface area contributed by atoms with E-state index in [1.165, 1.54) is 12.1 Å². The molecule has 5 nitrogen and oxygen atoms in total. The van der Waals surface area contributed by atoms with Gasteiger partial charge in [0.2, 0.25) is 10.0 Å².